The molecular formula is C12H13F3O2. The zero-order valence-corrected chi connectivity index (χ0v) is 9.33. The predicted octanol–water partition coefficient (Wildman–Crippen LogP) is 3.01. The maximum absolute atomic E-state index is 12.8. The smallest absolute Gasteiger partial charge is 0.371 e. The first-order valence-corrected chi connectivity index (χ1v) is 5.33. The lowest BCUT2D eigenvalue weighted by molar-refractivity contribution is -0.224. The van der Waals surface area contributed by atoms with Gasteiger partial charge in [-0.3, -0.25) is 0 Å². The molecule has 0 amide bonds. The van der Waals surface area contributed by atoms with E-state index in [0.717, 1.165) is 5.56 Å². The van der Waals surface area contributed by atoms with Gasteiger partial charge in [-0.15, -0.1) is 0 Å². The summed E-state index contributed by atoms with van der Waals surface area (Å²) in [6.45, 7) is 2.22. The fourth-order valence-electron chi connectivity index (χ4n) is 1.58. The second kappa shape index (κ2) is 4.66. The van der Waals surface area contributed by atoms with Crippen LogP contribution in [0.2, 0.25) is 0 Å². The lowest BCUT2D eigenvalue weighted by Crippen LogP contribution is -2.25. The van der Waals surface area contributed by atoms with Gasteiger partial charge in [-0.2, -0.15) is 13.2 Å². The van der Waals surface area contributed by atoms with Gasteiger partial charge in [-0.05, 0) is 12.5 Å². The predicted molar refractivity (Wildman–Crippen MR) is 55.7 cm³/mol. The number of epoxide rings is 1. The molecule has 2 rings (SSSR count). The highest BCUT2D eigenvalue weighted by Gasteiger charge is 2.43. The van der Waals surface area contributed by atoms with E-state index in [0.29, 0.717) is 6.61 Å². The second-order valence-electron chi connectivity index (χ2n) is 4.12. The molecule has 5 heteroatoms. The summed E-state index contributed by atoms with van der Waals surface area (Å²) in [6, 6.07) is 6.27. The zero-order chi connectivity index (χ0) is 12.5. The molecule has 2 atom stereocenters. The van der Waals surface area contributed by atoms with Gasteiger partial charge in [-0.25, -0.2) is 0 Å². The Morgan fingerprint density at radius 2 is 2.18 bits per heavy atom. The molecule has 1 heterocycles. The van der Waals surface area contributed by atoms with E-state index in [-0.39, 0.29) is 18.3 Å². The summed E-state index contributed by atoms with van der Waals surface area (Å²) in [4.78, 5) is 0. The van der Waals surface area contributed by atoms with E-state index in [1.165, 1.54) is 12.1 Å². The van der Waals surface area contributed by atoms with Gasteiger partial charge in [-0.1, -0.05) is 29.8 Å². The lowest BCUT2D eigenvalue weighted by Gasteiger charge is -2.21. The van der Waals surface area contributed by atoms with Gasteiger partial charge in [0, 0.05) is 0 Å². The maximum atomic E-state index is 12.8. The molecular weight excluding hydrogens is 233 g/mol. The minimum absolute atomic E-state index is 0.0158. The number of hydrogen-bond donors (Lipinski definition) is 0. The van der Waals surface area contributed by atoms with Crippen LogP contribution < -0.4 is 0 Å². The first kappa shape index (κ1) is 12.4. The van der Waals surface area contributed by atoms with E-state index in [1.54, 1.807) is 19.1 Å². The first-order chi connectivity index (χ1) is 7.97. The van der Waals surface area contributed by atoms with Crippen LogP contribution in [0.25, 0.3) is 0 Å². The van der Waals surface area contributed by atoms with E-state index in [2.05, 4.69) is 0 Å². The van der Waals surface area contributed by atoms with Crippen molar-refractivity contribution in [1.29, 1.82) is 0 Å². The Morgan fingerprint density at radius 3 is 2.71 bits per heavy atom. The quantitative estimate of drug-likeness (QED) is 0.762. The van der Waals surface area contributed by atoms with Crippen molar-refractivity contribution in [2.75, 3.05) is 13.2 Å². The molecule has 1 aliphatic rings. The van der Waals surface area contributed by atoms with Crippen LogP contribution in [0.15, 0.2) is 24.3 Å². The number of rotatable bonds is 4. The number of hydrogen-bond acceptors (Lipinski definition) is 2. The monoisotopic (exact) mass is 246 g/mol. The summed E-state index contributed by atoms with van der Waals surface area (Å²) in [6.07, 6.45) is -6.45. The molecule has 1 fully saturated rings. The fourth-order valence-corrected chi connectivity index (χ4v) is 1.58. The van der Waals surface area contributed by atoms with Crippen molar-refractivity contribution in [3.63, 3.8) is 0 Å². The molecule has 0 saturated carbocycles. The van der Waals surface area contributed by atoms with Crippen LogP contribution in [0.5, 0.6) is 0 Å². The van der Waals surface area contributed by atoms with Gasteiger partial charge < -0.3 is 9.47 Å². The van der Waals surface area contributed by atoms with Crippen LogP contribution in [0.1, 0.15) is 17.2 Å². The number of ether oxygens (including phenoxy) is 2. The van der Waals surface area contributed by atoms with Crippen molar-refractivity contribution in [3.8, 4) is 0 Å². The number of halogens is 3. The summed E-state index contributed by atoms with van der Waals surface area (Å²) in [7, 11) is 0. The van der Waals surface area contributed by atoms with Gasteiger partial charge >= 0.3 is 6.18 Å². The van der Waals surface area contributed by atoms with E-state index in [1.807, 2.05) is 0 Å². The van der Waals surface area contributed by atoms with Crippen LogP contribution in [-0.2, 0) is 9.47 Å². The molecule has 0 aliphatic carbocycles. The van der Waals surface area contributed by atoms with Crippen molar-refractivity contribution in [3.05, 3.63) is 35.4 Å². The third-order valence-electron chi connectivity index (χ3n) is 2.49. The minimum atomic E-state index is -4.40. The molecule has 1 aliphatic heterocycles. The number of aryl methyl sites for hydroxylation is 1. The molecule has 0 radical (unpaired) electrons. The molecule has 0 aromatic heterocycles. The summed E-state index contributed by atoms with van der Waals surface area (Å²) in [5.41, 5.74) is 0.918. The summed E-state index contributed by atoms with van der Waals surface area (Å²) in [5, 5.41) is 0. The highest BCUT2D eigenvalue weighted by atomic mass is 19.4. The van der Waals surface area contributed by atoms with Gasteiger partial charge in [0.05, 0.1) is 13.2 Å². The summed E-state index contributed by atoms with van der Waals surface area (Å²) < 4.78 is 48.3. The zero-order valence-electron chi connectivity index (χ0n) is 9.33. The van der Waals surface area contributed by atoms with Crippen molar-refractivity contribution < 1.29 is 22.6 Å². The second-order valence-corrected chi connectivity index (χ2v) is 4.12. The van der Waals surface area contributed by atoms with Gasteiger partial charge in [0.1, 0.15) is 6.10 Å². The normalized spacial score (nSPS) is 21.3. The van der Waals surface area contributed by atoms with Gasteiger partial charge in [0.2, 0.25) is 0 Å². The number of benzene rings is 1. The summed E-state index contributed by atoms with van der Waals surface area (Å²) >= 11 is 0. The SMILES string of the molecule is Cc1cccc([C@@H](OC[C@H]2CO2)C(F)(F)F)c1. The topological polar surface area (TPSA) is 21.8 Å². The van der Waals surface area contributed by atoms with E-state index >= 15 is 0 Å². The standard InChI is InChI=1S/C12H13F3O2/c1-8-3-2-4-9(5-8)11(12(13,14)15)17-7-10-6-16-10/h2-5,10-11H,6-7H2,1H3/t10-,11-/m1/s1. The Kier molecular flexibility index (Phi) is 3.40. The van der Waals surface area contributed by atoms with Gasteiger partial charge in [0.25, 0.3) is 0 Å². The first-order valence-electron chi connectivity index (χ1n) is 5.33. The molecule has 0 unspecified atom stereocenters. The molecule has 0 spiro atoms. The average molecular weight is 246 g/mol. The molecule has 0 bridgehead atoms. The molecule has 94 valence electrons. The van der Waals surface area contributed by atoms with Crippen molar-refractivity contribution >= 4 is 0 Å². The average Bonchev–Trinajstić information content (AvgIpc) is 3.00. The lowest BCUT2D eigenvalue weighted by atomic mass is 10.1. The Hall–Kier alpha value is -1.07. The largest absolute Gasteiger partial charge is 0.418 e. The van der Waals surface area contributed by atoms with Crippen molar-refractivity contribution in [1.82, 2.24) is 0 Å². The molecule has 1 aromatic rings. The molecule has 1 aromatic carbocycles. The summed E-state index contributed by atoms with van der Waals surface area (Å²) in [5.74, 6) is 0. The fraction of sp³-hybridized carbons (Fsp3) is 0.500. The third-order valence-corrected chi connectivity index (χ3v) is 2.49. The molecule has 17 heavy (non-hydrogen) atoms. The Morgan fingerprint density at radius 1 is 1.47 bits per heavy atom. The molecule has 0 N–H and O–H groups in total. The van der Waals surface area contributed by atoms with E-state index in [4.69, 9.17) is 9.47 Å². The Bertz CT molecular complexity index is 386. The molecule has 1 saturated heterocycles. The number of alkyl halides is 3. The van der Waals surface area contributed by atoms with Crippen LogP contribution in [0.4, 0.5) is 13.2 Å². The van der Waals surface area contributed by atoms with Crippen LogP contribution in [0, 0.1) is 6.92 Å². The highest BCUT2D eigenvalue weighted by molar-refractivity contribution is 5.25. The van der Waals surface area contributed by atoms with Crippen molar-refractivity contribution in [2.45, 2.75) is 25.3 Å². The van der Waals surface area contributed by atoms with E-state index < -0.39 is 12.3 Å². The maximum Gasteiger partial charge on any atom is 0.418 e. The van der Waals surface area contributed by atoms with Crippen LogP contribution in [-0.4, -0.2) is 25.5 Å². The van der Waals surface area contributed by atoms with E-state index in [9.17, 15) is 13.2 Å². The molecule has 2 nitrogen and oxygen atoms in total. The van der Waals surface area contributed by atoms with Crippen molar-refractivity contribution in [2.24, 2.45) is 0 Å². The minimum Gasteiger partial charge on any atom is -0.371 e. The third kappa shape index (κ3) is 3.44. The van der Waals surface area contributed by atoms with Crippen LogP contribution >= 0.6 is 0 Å². The highest BCUT2D eigenvalue weighted by Crippen LogP contribution is 2.36. The van der Waals surface area contributed by atoms with Crippen LogP contribution in [0.3, 0.4) is 0 Å². The Balaban J connectivity index is 2.13. The Labute approximate surface area is 97.3 Å². The van der Waals surface area contributed by atoms with Gasteiger partial charge in [0.15, 0.2) is 6.10 Å².